The Morgan fingerprint density at radius 3 is 2.80 bits per heavy atom. The van der Waals surface area contributed by atoms with E-state index in [9.17, 15) is 13.2 Å². The van der Waals surface area contributed by atoms with E-state index in [2.05, 4.69) is 12.7 Å². The van der Waals surface area contributed by atoms with E-state index in [4.69, 9.17) is 14.5 Å². The molecule has 3 nitrogen and oxygen atoms in total. The number of benzene rings is 1. The van der Waals surface area contributed by atoms with E-state index in [1.54, 1.807) is 0 Å². The van der Waals surface area contributed by atoms with Gasteiger partial charge in [-0.25, -0.2) is 9.78 Å². The normalized spacial score (nSPS) is 28.6. The monoisotopic (exact) mass is 354 g/mol. The van der Waals surface area contributed by atoms with Crippen LogP contribution in [0.25, 0.3) is 0 Å². The van der Waals surface area contributed by atoms with Gasteiger partial charge in [0.05, 0.1) is 18.3 Å². The van der Waals surface area contributed by atoms with Crippen molar-refractivity contribution < 1.29 is 27.7 Å². The van der Waals surface area contributed by atoms with Crippen molar-refractivity contribution >= 4 is 0 Å². The van der Waals surface area contributed by atoms with Crippen LogP contribution in [0.2, 0.25) is 0 Å². The first-order valence-corrected chi connectivity index (χ1v) is 8.39. The number of alkyl halides is 3. The predicted molar refractivity (Wildman–Crippen MR) is 86.9 cm³/mol. The fourth-order valence-corrected chi connectivity index (χ4v) is 3.47. The van der Waals surface area contributed by atoms with E-state index in [0.717, 1.165) is 25.0 Å². The van der Waals surface area contributed by atoms with Crippen molar-refractivity contribution in [3.05, 3.63) is 54.6 Å². The van der Waals surface area contributed by atoms with Crippen LogP contribution in [-0.2, 0) is 16.0 Å². The van der Waals surface area contributed by atoms with E-state index < -0.39 is 11.7 Å². The summed E-state index contributed by atoms with van der Waals surface area (Å²) in [5.74, 6) is 0.881. The highest BCUT2D eigenvalue weighted by atomic mass is 19.4. The number of rotatable bonds is 7. The lowest BCUT2D eigenvalue weighted by Gasteiger charge is -2.27. The summed E-state index contributed by atoms with van der Waals surface area (Å²) < 4.78 is 43.4. The van der Waals surface area contributed by atoms with Gasteiger partial charge in [-0.2, -0.15) is 13.2 Å². The third kappa shape index (κ3) is 4.25. The van der Waals surface area contributed by atoms with Gasteiger partial charge in [0.1, 0.15) is 11.9 Å². The molecule has 136 valence electrons. The number of fused-ring (bicyclic) bond motifs is 2. The minimum absolute atomic E-state index is 0.0792. The molecule has 1 aromatic carbocycles. The Hall–Kier alpha value is -1.79. The third-order valence-corrected chi connectivity index (χ3v) is 4.68. The minimum atomic E-state index is -4.36. The van der Waals surface area contributed by atoms with Crippen LogP contribution in [0.1, 0.15) is 24.8 Å². The second-order valence-corrected chi connectivity index (χ2v) is 6.36. The van der Waals surface area contributed by atoms with E-state index in [1.165, 1.54) is 12.1 Å². The van der Waals surface area contributed by atoms with Crippen molar-refractivity contribution in [3.8, 4) is 5.75 Å². The van der Waals surface area contributed by atoms with E-state index in [0.29, 0.717) is 18.9 Å². The lowest BCUT2D eigenvalue weighted by Crippen LogP contribution is -2.28. The summed E-state index contributed by atoms with van der Waals surface area (Å²) in [5, 5.41) is 0. The highest BCUT2D eigenvalue weighted by Crippen LogP contribution is 2.44. The summed E-state index contributed by atoms with van der Waals surface area (Å²) in [5.41, 5.74) is -0.702. The molecule has 6 heteroatoms. The molecule has 2 fully saturated rings. The minimum Gasteiger partial charge on any atom is -0.493 e. The maximum Gasteiger partial charge on any atom is 0.416 e. The third-order valence-electron chi connectivity index (χ3n) is 4.68. The smallest absolute Gasteiger partial charge is 0.416 e. The molecule has 2 aliphatic rings. The van der Waals surface area contributed by atoms with E-state index in [-0.39, 0.29) is 23.9 Å². The van der Waals surface area contributed by atoms with Gasteiger partial charge >= 0.3 is 6.18 Å². The van der Waals surface area contributed by atoms with Crippen molar-refractivity contribution in [2.45, 2.75) is 37.6 Å². The quantitative estimate of drug-likeness (QED) is 0.394. The van der Waals surface area contributed by atoms with E-state index in [1.807, 2.05) is 12.2 Å². The summed E-state index contributed by atoms with van der Waals surface area (Å²) >= 11 is 0. The zero-order valence-electron chi connectivity index (χ0n) is 13.7. The highest BCUT2D eigenvalue weighted by Gasteiger charge is 2.48. The molecule has 1 aliphatic heterocycles. The van der Waals surface area contributed by atoms with Crippen molar-refractivity contribution in [2.24, 2.45) is 11.8 Å². The van der Waals surface area contributed by atoms with E-state index >= 15 is 0 Å². The Labute approximate surface area is 145 Å². The van der Waals surface area contributed by atoms with Crippen LogP contribution < -0.4 is 4.74 Å². The largest absolute Gasteiger partial charge is 0.493 e. The molecule has 1 aliphatic carbocycles. The molecule has 25 heavy (non-hydrogen) atoms. The number of allylic oxidation sites excluding steroid dienone is 1. The van der Waals surface area contributed by atoms with Gasteiger partial charge in [0, 0.05) is 18.3 Å². The molecule has 0 N–H and O–H groups in total. The van der Waals surface area contributed by atoms with Crippen LogP contribution in [0, 0.1) is 11.8 Å². The molecule has 2 bridgehead atoms. The number of hydrogen-bond acceptors (Lipinski definition) is 3. The first kappa shape index (κ1) is 18.0. The second-order valence-electron chi connectivity index (χ2n) is 6.36. The fourth-order valence-electron chi connectivity index (χ4n) is 3.47. The van der Waals surface area contributed by atoms with Crippen LogP contribution in [0.15, 0.2) is 49.1 Å². The Kier molecular flexibility index (Phi) is 5.49. The number of ether oxygens (including phenoxy) is 1. The summed E-state index contributed by atoms with van der Waals surface area (Å²) in [6, 6.07) is 4.93. The molecule has 0 spiro atoms. The van der Waals surface area contributed by atoms with Crippen molar-refractivity contribution in [1.82, 2.24) is 0 Å². The standard InChI is InChI=1S/C19H21F3O3/c1-2-6-15-16(18-12-17(15)24-25-18)9-3-4-10-23-14-8-5-7-13(11-14)19(20,21)22/h2-3,5,7-9,11,15-18H,1,4,6,10,12H2/b9-3+/t15-,16?,17+,18-/m1/s1. The number of hydrogen-bond donors (Lipinski definition) is 0. The molecule has 1 aromatic rings. The van der Waals surface area contributed by atoms with Gasteiger partial charge in [0.15, 0.2) is 0 Å². The van der Waals surface area contributed by atoms with Gasteiger partial charge < -0.3 is 4.74 Å². The summed E-state index contributed by atoms with van der Waals surface area (Å²) in [6.07, 6.45) is 4.24. The van der Waals surface area contributed by atoms with Crippen molar-refractivity contribution in [3.63, 3.8) is 0 Å². The fraction of sp³-hybridized carbons (Fsp3) is 0.474. The maximum absolute atomic E-state index is 12.7. The summed E-state index contributed by atoms with van der Waals surface area (Å²) in [6.45, 7) is 4.11. The van der Waals surface area contributed by atoms with Crippen LogP contribution in [0.5, 0.6) is 5.75 Å². The predicted octanol–water partition coefficient (Wildman–Crippen LogP) is 4.94. The Morgan fingerprint density at radius 2 is 2.04 bits per heavy atom. The van der Waals surface area contributed by atoms with Gasteiger partial charge in [-0.05, 0) is 31.0 Å². The molecule has 0 aromatic heterocycles. The van der Waals surface area contributed by atoms with Crippen LogP contribution >= 0.6 is 0 Å². The van der Waals surface area contributed by atoms with Gasteiger partial charge in [-0.15, -0.1) is 6.58 Å². The molecule has 4 atom stereocenters. The topological polar surface area (TPSA) is 27.7 Å². The zero-order valence-corrected chi connectivity index (χ0v) is 13.7. The van der Waals surface area contributed by atoms with Crippen molar-refractivity contribution in [1.29, 1.82) is 0 Å². The molecule has 1 saturated heterocycles. The molecule has 1 heterocycles. The van der Waals surface area contributed by atoms with Gasteiger partial charge in [-0.1, -0.05) is 24.3 Å². The highest BCUT2D eigenvalue weighted by molar-refractivity contribution is 5.30. The van der Waals surface area contributed by atoms with Crippen LogP contribution in [0.3, 0.4) is 0 Å². The summed E-state index contributed by atoms with van der Waals surface area (Å²) in [7, 11) is 0. The zero-order chi connectivity index (χ0) is 17.9. The first-order chi connectivity index (χ1) is 12.0. The summed E-state index contributed by atoms with van der Waals surface area (Å²) in [4.78, 5) is 10.6. The Balaban J connectivity index is 1.48. The Morgan fingerprint density at radius 1 is 1.24 bits per heavy atom. The molecule has 1 saturated carbocycles. The van der Waals surface area contributed by atoms with Gasteiger partial charge in [-0.3, -0.25) is 0 Å². The van der Waals surface area contributed by atoms with Crippen molar-refractivity contribution in [2.75, 3.05) is 6.61 Å². The molecule has 3 rings (SSSR count). The maximum atomic E-state index is 12.7. The van der Waals surface area contributed by atoms with Gasteiger partial charge in [0.25, 0.3) is 0 Å². The van der Waals surface area contributed by atoms with Gasteiger partial charge in [0.2, 0.25) is 0 Å². The van der Waals surface area contributed by atoms with Crippen LogP contribution in [0.4, 0.5) is 13.2 Å². The molecular formula is C19H21F3O3. The average molecular weight is 354 g/mol. The first-order valence-electron chi connectivity index (χ1n) is 8.39. The average Bonchev–Trinajstić information content (AvgIpc) is 3.17. The Bertz CT molecular complexity index is 627. The number of halogens is 3. The molecular weight excluding hydrogens is 333 g/mol. The molecule has 0 radical (unpaired) electrons. The molecule has 0 amide bonds. The lowest BCUT2D eigenvalue weighted by molar-refractivity contribution is -0.336. The second kappa shape index (κ2) is 7.62. The molecule has 1 unspecified atom stereocenters. The lowest BCUT2D eigenvalue weighted by atomic mass is 9.89. The van der Waals surface area contributed by atoms with Crippen LogP contribution in [-0.4, -0.2) is 18.8 Å². The SMILES string of the molecule is C=CC[C@@H]1C(/C=C/CCOc2cccc(C(F)(F)F)c2)[C@H]2C[C@@H]1OO2.